The van der Waals surface area contributed by atoms with Gasteiger partial charge in [0.05, 0.1) is 5.88 Å². The lowest BCUT2D eigenvalue weighted by Crippen LogP contribution is -2.01. The Morgan fingerprint density at radius 3 is 1.44 bits per heavy atom. The van der Waals surface area contributed by atoms with Crippen LogP contribution in [0.4, 0.5) is 0 Å². The molecule has 5 heteroatoms. The van der Waals surface area contributed by atoms with Gasteiger partial charge in [-0.25, -0.2) is 0 Å². The molecule has 0 rings (SSSR count). The third-order valence-corrected chi connectivity index (χ3v) is 1.36. The molecule has 0 aromatic heterocycles. The smallest absolute Gasteiger partial charge is 0.122 e. The first-order chi connectivity index (χ1) is 3.97. The molecular formula is C4H5Cl5. The van der Waals surface area contributed by atoms with Crippen LogP contribution in [0, 0.1) is 0 Å². The van der Waals surface area contributed by atoms with Crippen molar-refractivity contribution in [2.24, 2.45) is 0 Å². The van der Waals surface area contributed by atoms with Crippen molar-refractivity contribution in [3.05, 3.63) is 12.1 Å². The highest BCUT2D eigenvalue weighted by molar-refractivity contribution is 6.69. The van der Waals surface area contributed by atoms with Gasteiger partial charge in [-0.1, -0.05) is 53.0 Å². The van der Waals surface area contributed by atoms with Gasteiger partial charge in [0.25, 0.3) is 0 Å². The molecule has 0 radical (unpaired) electrons. The summed E-state index contributed by atoms with van der Waals surface area (Å²) in [4.78, 5) is 0. The molecule has 0 aliphatic rings. The van der Waals surface area contributed by atoms with Crippen molar-refractivity contribution >= 4 is 58.0 Å². The molecule has 56 valence electrons. The Bertz CT molecular complexity index is 63.8. The number of hydrogen-bond donors (Lipinski definition) is 0. The standard InChI is InChI=1S/C2H2Cl4.C2H3Cl/c3-1-2(4,5)6;1-2-3/h1H2;2H,1H2. The van der Waals surface area contributed by atoms with E-state index in [1.807, 2.05) is 0 Å². The maximum absolute atomic E-state index is 5.12. The Labute approximate surface area is 79.7 Å². The second kappa shape index (κ2) is 7.30. The second-order valence-electron chi connectivity index (χ2n) is 0.903. The molecule has 0 amide bonds. The summed E-state index contributed by atoms with van der Waals surface area (Å²) in [6.45, 7) is 3.13. The van der Waals surface area contributed by atoms with Gasteiger partial charge in [0.2, 0.25) is 3.79 Å². The Kier molecular flexibility index (Phi) is 10.4. The van der Waals surface area contributed by atoms with Crippen molar-refractivity contribution in [1.82, 2.24) is 0 Å². The predicted octanol–water partition coefficient (Wildman–Crippen LogP) is 3.96. The van der Waals surface area contributed by atoms with E-state index in [2.05, 4.69) is 6.58 Å². The van der Waals surface area contributed by atoms with E-state index in [1.165, 1.54) is 5.54 Å². The van der Waals surface area contributed by atoms with E-state index in [-0.39, 0.29) is 5.88 Å². The Morgan fingerprint density at radius 1 is 1.33 bits per heavy atom. The Hall–Kier alpha value is 1.19. The van der Waals surface area contributed by atoms with Gasteiger partial charge >= 0.3 is 0 Å². The van der Waals surface area contributed by atoms with E-state index in [9.17, 15) is 0 Å². The van der Waals surface area contributed by atoms with Crippen molar-refractivity contribution < 1.29 is 0 Å². The van der Waals surface area contributed by atoms with Gasteiger partial charge in [-0.15, -0.1) is 11.6 Å². The molecule has 0 spiro atoms. The van der Waals surface area contributed by atoms with E-state index in [0.717, 1.165) is 0 Å². The van der Waals surface area contributed by atoms with Crippen LogP contribution >= 0.6 is 58.0 Å². The fraction of sp³-hybridized carbons (Fsp3) is 0.500. The molecule has 0 nitrogen and oxygen atoms in total. The normalized spacial score (nSPS) is 9.44. The maximum atomic E-state index is 5.12. The van der Waals surface area contributed by atoms with E-state index < -0.39 is 3.79 Å². The fourth-order valence-corrected chi connectivity index (χ4v) is 0. The molecule has 0 aromatic carbocycles. The van der Waals surface area contributed by atoms with Crippen LogP contribution in [0.1, 0.15) is 0 Å². The summed E-state index contributed by atoms with van der Waals surface area (Å²) in [7, 11) is 0. The minimum Gasteiger partial charge on any atom is -0.122 e. The molecule has 0 aliphatic carbocycles. The highest BCUT2D eigenvalue weighted by Gasteiger charge is 2.16. The van der Waals surface area contributed by atoms with Crippen LogP contribution in [0.25, 0.3) is 0 Å². The largest absolute Gasteiger partial charge is 0.203 e. The summed E-state index contributed by atoms with van der Waals surface area (Å²) in [5, 5.41) is 0. The minimum absolute atomic E-state index is 0.0394. The highest BCUT2D eigenvalue weighted by Crippen LogP contribution is 2.26. The molecule has 0 aliphatic heterocycles. The summed E-state index contributed by atoms with van der Waals surface area (Å²) in [6, 6.07) is 0. The highest BCUT2D eigenvalue weighted by atomic mass is 35.6. The van der Waals surface area contributed by atoms with Gasteiger partial charge in [0.15, 0.2) is 0 Å². The quantitative estimate of drug-likeness (QED) is 0.552. The van der Waals surface area contributed by atoms with Gasteiger partial charge in [0, 0.05) is 0 Å². The van der Waals surface area contributed by atoms with Crippen LogP contribution < -0.4 is 0 Å². The topological polar surface area (TPSA) is 0 Å². The first-order valence-electron chi connectivity index (χ1n) is 1.81. The number of alkyl halides is 4. The van der Waals surface area contributed by atoms with Crippen LogP contribution in [0.2, 0.25) is 0 Å². The fourth-order valence-electron chi connectivity index (χ4n) is 0. The zero-order chi connectivity index (χ0) is 7.91. The third kappa shape index (κ3) is 27.1. The molecule has 9 heavy (non-hydrogen) atoms. The Balaban J connectivity index is 0. The molecular weight excluding hydrogens is 225 g/mol. The molecule has 0 bridgehead atoms. The van der Waals surface area contributed by atoms with E-state index in [0.29, 0.717) is 0 Å². The number of halogens is 5. The molecule has 0 saturated heterocycles. The molecule has 0 N–H and O–H groups in total. The SMILES string of the molecule is C=CCl.ClCC(Cl)(Cl)Cl. The summed E-state index contributed by atoms with van der Waals surface area (Å²) in [5.41, 5.74) is 1.22. The van der Waals surface area contributed by atoms with Crippen molar-refractivity contribution in [3.63, 3.8) is 0 Å². The van der Waals surface area contributed by atoms with Crippen LogP contribution in [0.3, 0.4) is 0 Å². The van der Waals surface area contributed by atoms with Crippen molar-refractivity contribution in [2.45, 2.75) is 3.79 Å². The van der Waals surface area contributed by atoms with E-state index in [4.69, 9.17) is 58.0 Å². The molecule has 0 unspecified atom stereocenters. The predicted molar refractivity (Wildman–Crippen MR) is 47.1 cm³/mol. The lowest BCUT2D eigenvalue weighted by molar-refractivity contribution is 1.28. The Morgan fingerprint density at radius 2 is 1.44 bits per heavy atom. The van der Waals surface area contributed by atoms with Gasteiger partial charge < -0.3 is 0 Å². The molecule has 0 heterocycles. The van der Waals surface area contributed by atoms with Gasteiger partial charge in [0.1, 0.15) is 0 Å². The van der Waals surface area contributed by atoms with Crippen molar-refractivity contribution in [3.8, 4) is 0 Å². The number of hydrogen-bond acceptors (Lipinski definition) is 0. The van der Waals surface area contributed by atoms with Gasteiger partial charge in [-0.3, -0.25) is 0 Å². The maximum Gasteiger partial charge on any atom is 0.203 e. The minimum atomic E-state index is -1.28. The van der Waals surface area contributed by atoms with Gasteiger partial charge in [-0.05, 0) is 5.54 Å². The summed E-state index contributed by atoms with van der Waals surface area (Å²) in [6.07, 6.45) is 0. The van der Waals surface area contributed by atoms with E-state index >= 15 is 0 Å². The van der Waals surface area contributed by atoms with Crippen LogP contribution in [0.15, 0.2) is 12.1 Å². The first kappa shape index (κ1) is 12.8. The van der Waals surface area contributed by atoms with Crippen molar-refractivity contribution in [2.75, 3.05) is 5.88 Å². The van der Waals surface area contributed by atoms with Crippen LogP contribution in [0.5, 0.6) is 0 Å². The average Bonchev–Trinajstić information content (AvgIpc) is 1.67. The number of rotatable bonds is 0. The van der Waals surface area contributed by atoms with Crippen LogP contribution in [-0.2, 0) is 0 Å². The van der Waals surface area contributed by atoms with Crippen molar-refractivity contribution in [1.29, 1.82) is 0 Å². The zero-order valence-corrected chi connectivity index (χ0v) is 8.16. The molecule has 0 fully saturated rings. The average molecular weight is 230 g/mol. The first-order valence-corrected chi connectivity index (χ1v) is 3.92. The third-order valence-electron chi connectivity index (χ3n) is 0.152. The monoisotopic (exact) mass is 228 g/mol. The molecule has 0 saturated carbocycles. The van der Waals surface area contributed by atoms with Gasteiger partial charge in [-0.2, -0.15) is 0 Å². The zero-order valence-electron chi connectivity index (χ0n) is 4.38. The lowest BCUT2D eigenvalue weighted by Gasteiger charge is -2.00. The molecule has 0 atom stereocenters. The summed E-state index contributed by atoms with van der Waals surface area (Å²) in [5.74, 6) is 0.0394. The molecule has 0 aromatic rings. The summed E-state index contributed by atoms with van der Waals surface area (Å²) >= 11 is 25.2. The summed E-state index contributed by atoms with van der Waals surface area (Å²) < 4.78 is -1.28. The second-order valence-corrected chi connectivity index (χ2v) is 4.00. The van der Waals surface area contributed by atoms with Crippen LogP contribution in [-0.4, -0.2) is 9.67 Å². The van der Waals surface area contributed by atoms with E-state index in [1.54, 1.807) is 0 Å². The lowest BCUT2D eigenvalue weighted by atomic mass is 10.9.